The second kappa shape index (κ2) is 4.97. The van der Waals surface area contributed by atoms with Crippen molar-refractivity contribution in [2.75, 3.05) is 0 Å². The lowest BCUT2D eigenvalue weighted by Gasteiger charge is -2.15. The summed E-state index contributed by atoms with van der Waals surface area (Å²) < 4.78 is 5.30. The highest BCUT2D eigenvalue weighted by Gasteiger charge is 2.13. The molecule has 0 radical (unpaired) electrons. The van der Waals surface area contributed by atoms with Crippen LogP contribution in [0.3, 0.4) is 0 Å². The van der Waals surface area contributed by atoms with E-state index in [2.05, 4.69) is 27.4 Å². The van der Waals surface area contributed by atoms with Crippen LogP contribution >= 0.6 is 0 Å². The average Bonchev–Trinajstić information content (AvgIpc) is 2.26. The van der Waals surface area contributed by atoms with Crippen LogP contribution in [0.2, 0.25) is 0 Å². The van der Waals surface area contributed by atoms with Crippen molar-refractivity contribution in [3.63, 3.8) is 0 Å². The topological polar surface area (TPSA) is 26.3 Å². The maximum Gasteiger partial charge on any atom is 0.335 e. The Balaban J connectivity index is 3.30. The molecule has 2 heteroatoms. The number of esters is 1. The van der Waals surface area contributed by atoms with Crippen LogP contribution < -0.4 is 4.74 Å². The minimum atomic E-state index is -0.402. The monoisotopic (exact) mass is 218 g/mol. The number of hydrogen-bond donors (Lipinski definition) is 0. The zero-order valence-electron chi connectivity index (χ0n) is 10.4. The predicted molar refractivity (Wildman–Crippen MR) is 65.9 cm³/mol. The highest BCUT2D eigenvalue weighted by molar-refractivity contribution is 5.84. The van der Waals surface area contributed by atoms with Gasteiger partial charge in [0.1, 0.15) is 5.75 Å². The van der Waals surface area contributed by atoms with Gasteiger partial charge in [0.15, 0.2) is 0 Å². The Labute approximate surface area is 96.9 Å². The van der Waals surface area contributed by atoms with Crippen LogP contribution in [0.5, 0.6) is 5.75 Å². The Bertz CT molecular complexity index is 431. The Morgan fingerprint density at radius 3 is 2.50 bits per heavy atom. The van der Waals surface area contributed by atoms with E-state index in [1.807, 2.05) is 13.0 Å². The summed E-state index contributed by atoms with van der Waals surface area (Å²) in [6.45, 7) is 11.5. The lowest BCUT2D eigenvalue weighted by atomic mass is 9.97. The standard InChI is InChI=1S/C14H18O2/c1-6-12-11(5)9(3)8-10(4)14(12)16-13(15)7-2/h7-8H,2,6H2,1,3-5H3. The number of ether oxygens (including phenoxy) is 1. The molecule has 0 heterocycles. The summed E-state index contributed by atoms with van der Waals surface area (Å²) >= 11 is 0. The summed E-state index contributed by atoms with van der Waals surface area (Å²) in [7, 11) is 0. The Kier molecular flexibility index (Phi) is 3.88. The van der Waals surface area contributed by atoms with Crippen LogP contribution in [0, 0.1) is 20.8 Å². The lowest BCUT2D eigenvalue weighted by Crippen LogP contribution is -2.08. The molecule has 0 aliphatic carbocycles. The highest BCUT2D eigenvalue weighted by Crippen LogP contribution is 2.29. The first-order chi connectivity index (χ1) is 7.51. The molecular weight excluding hydrogens is 200 g/mol. The van der Waals surface area contributed by atoms with Crippen molar-refractivity contribution in [1.82, 2.24) is 0 Å². The van der Waals surface area contributed by atoms with Crippen LogP contribution in [-0.2, 0) is 11.2 Å². The second-order valence-electron chi connectivity index (χ2n) is 3.92. The summed E-state index contributed by atoms with van der Waals surface area (Å²) in [4.78, 5) is 11.3. The predicted octanol–water partition coefficient (Wildman–Crippen LogP) is 3.27. The third kappa shape index (κ3) is 2.32. The van der Waals surface area contributed by atoms with Crippen LogP contribution in [0.1, 0.15) is 29.2 Å². The van der Waals surface area contributed by atoms with Gasteiger partial charge in [-0.2, -0.15) is 0 Å². The van der Waals surface area contributed by atoms with Crippen LogP contribution in [0.25, 0.3) is 0 Å². The van der Waals surface area contributed by atoms with Gasteiger partial charge >= 0.3 is 5.97 Å². The maximum atomic E-state index is 11.3. The minimum absolute atomic E-state index is 0.402. The molecule has 1 aromatic carbocycles. The first-order valence-electron chi connectivity index (χ1n) is 5.45. The van der Waals surface area contributed by atoms with Crippen molar-refractivity contribution < 1.29 is 9.53 Å². The molecule has 2 nitrogen and oxygen atoms in total. The fraction of sp³-hybridized carbons (Fsp3) is 0.357. The van der Waals surface area contributed by atoms with Crippen molar-refractivity contribution in [2.24, 2.45) is 0 Å². The minimum Gasteiger partial charge on any atom is -0.423 e. The van der Waals surface area contributed by atoms with E-state index in [0.29, 0.717) is 5.75 Å². The van der Waals surface area contributed by atoms with E-state index in [4.69, 9.17) is 4.74 Å². The fourth-order valence-corrected chi connectivity index (χ4v) is 1.85. The summed E-state index contributed by atoms with van der Waals surface area (Å²) in [6.07, 6.45) is 2.04. The summed E-state index contributed by atoms with van der Waals surface area (Å²) in [5.41, 5.74) is 4.52. The summed E-state index contributed by atoms with van der Waals surface area (Å²) in [5.74, 6) is 0.288. The quantitative estimate of drug-likeness (QED) is 0.442. The van der Waals surface area contributed by atoms with E-state index in [-0.39, 0.29) is 0 Å². The van der Waals surface area contributed by atoms with Gasteiger partial charge in [-0.15, -0.1) is 0 Å². The first-order valence-corrected chi connectivity index (χ1v) is 5.45. The van der Waals surface area contributed by atoms with Crippen LogP contribution in [0.15, 0.2) is 18.7 Å². The molecule has 16 heavy (non-hydrogen) atoms. The van der Waals surface area contributed by atoms with Crippen molar-refractivity contribution in [3.05, 3.63) is 41.0 Å². The number of rotatable bonds is 3. The first kappa shape index (κ1) is 12.5. The summed E-state index contributed by atoms with van der Waals surface area (Å²) in [5, 5.41) is 0. The molecule has 0 unspecified atom stereocenters. The molecule has 0 amide bonds. The zero-order chi connectivity index (χ0) is 12.3. The second-order valence-corrected chi connectivity index (χ2v) is 3.92. The van der Waals surface area contributed by atoms with E-state index < -0.39 is 5.97 Å². The average molecular weight is 218 g/mol. The smallest absolute Gasteiger partial charge is 0.335 e. The maximum absolute atomic E-state index is 11.3. The molecule has 0 spiro atoms. The van der Waals surface area contributed by atoms with E-state index in [1.54, 1.807) is 0 Å². The van der Waals surface area contributed by atoms with Gasteiger partial charge < -0.3 is 4.74 Å². The SMILES string of the molecule is C=CC(=O)Oc1c(C)cc(C)c(C)c1CC. The van der Waals surface area contributed by atoms with E-state index >= 15 is 0 Å². The number of carbonyl (C=O) groups is 1. The van der Waals surface area contributed by atoms with Crippen molar-refractivity contribution in [3.8, 4) is 5.75 Å². The molecule has 86 valence electrons. The van der Waals surface area contributed by atoms with Crippen molar-refractivity contribution >= 4 is 5.97 Å². The van der Waals surface area contributed by atoms with E-state index in [0.717, 1.165) is 17.5 Å². The number of aryl methyl sites for hydroxylation is 2. The molecule has 0 saturated heterocycles. The molecule has 0 aliphatic heterocycles. The fourth-order valence-electron chi connectivity index (χ4n) is 1.85. The molecule has 1 aromatic rings. The van der Waals surface area contributed by atoms with Gasteiger partial charge in [0.05, 0.1) is 0 Å². The van der Waals surface area contributed by atoms with Crippen LogP contribution in [0.4, 0.5) is 0 Å². The van der Waals surface area contributed by atoms with Crippen molar-refractivity contribution in [2.45, 2.75) is 34.1 Å². The molecule has 0 aromatic heterocycles. The van der Waals surface area contributed by atoms with Gasteiger partial charge in [0.2, 0.25) is 0 Å². The molecule has 0 atom stereocenters. The molecule has 0 bridgehead atoms. The molecule has 1 rings (SSSR count). The Morgan fingerprint density at radius 2 is 2.00 bits per heavy atom. The van der Waals surface area contributed by atoms with Gasteiger partial charge in [0, 0.05) is 6.08 Å². The normalized spacial score (nSPS) is 10.0. The lowest BCUT2D eigenvalue weighted by molar-refractivity contribution is -0.129. The molecule has 0 aliphatic rings. The van der Waals surface area contributed by atoms with Gasteiger partial charge in [-0.25, -0.2) is 4.79 Å². The largest absolute Gasteiger partial charge is 0.423 e. The molecule has 0 fully saturated rings. The third-order valence-electron chi connectivity index (χ3n) is 2.83. The van der Waals surface area contributed by atoms with E-state index in [9.17, 15) is 4.79 Å². The Morgan fingerprint density at radius 1 is 1.38 bits per heavy atom. The van der Waals surface area contributed by atoms with Gasteiger partial charge in [-0.05, 0) is 49.4 Å². The van der Waals surface area contributed by atoms with E-state index in [1.165, 1.54) is 17.2 Å². The Hall–Kier alpha value is -1.57. The third-order valence-corrected chi connectivity index (χ3v) is 2.83. The van der Waals surface area contributed by atoms with Crippen LogP contribution in [-0.4, -0.2) is 5.97 Å². The molecule has 0 saturated carbocycles. The molecule has 0 N–H and O–H groups in total. The van der Waals surface area contributed by atoms with Gasteiger partial charge in [0.25, 0.3) is 0 Å². The van der Waals surface area contributed by atoms with Crippen molar-refractivity contribution in [1.29, 1.82) is 0 Å². The van der Waals surface area contributed by atoms with Gasteiger partial charge in [-0.3, -0.25) is 0 Å². The van der Waals surface area contributed by atoms with Gasteiger partial charge in [-0.1, -0.05) is 19.6 Å². The zero-order valence-corrected chi connectivity index (χ0v) is 10.4. The number of hydrogen-bond acceptors (Lipinski definition) is 2. The molecular formula is C14H18O2. The number of benzene rings is 1. The highest BCUT2D eigenvalue weighted by atomic mass is 16.5. The summed E-state index contributed by atoms with van der Waals surface area (Å²) in [6, 6.07) is 2.04. The number of carbonyl (C=O) groups excluding carboxylic acids is 1.